The first-order valence-electron chi connectivity index (χ1n) is 5.06. The van der Waals surface area contributed by atoms with E-state index >= 15 is 0 Å². The van der Waals surface area contributed by atoms with Gasteiger partial charge in [-0.1, -0.05) is 43.3 Å². The lowest BCUT2D eigenvalue weighted by Gasteiger charge is -2.22. The third-order valence-corrected chi connectivity index (χ3v) is 2.40. The van der Waals surface area contributed by atoms with E-state index in [1.165, 1.54) is 0 Å². The molecule has 2 nitrogen and oxygen atoms in total. The van der Waals surface area contributed by atoms with Crippen molar-refractivity contribution >= 4 is 0 Å². The van der Waals surface area contributed by atoms with Crippen molar-refractivity contribution in [1.29, 1.82) is 0 Å². The fourth-order valence-corrected chi connectivity index (χ4v) is 1.15. The summed E-state index contributed by atoms with van der Waals surface area (Å²) in [7, 11) is 0. The number of rotatable bonds is 6. The minimum absolute atomic E-state index is 0.0608. The van der Waals surface area contributed by atoms with Crippen LogP contribution in [-0.4, -0.2) is 18.3 Å². The molecule has 1 aromatic carbocycles. The molecule has 1 aromatic rings. The summed E-state index contributed by atoms with van der Waals surface area (Å²) < 4.78 is 5.54. The highest BCUT2D eigenvalue weighted by molar-refractivity contribution is 5.13. The van der Waals surface area contributed by atoms with Gasteiger partial charge in [-0.05, 0) is 5.56 Å². The molecule has 0 fully saturated rings. The second-order valence-corrected chi connectivity index (χ2v) is 3.99. The van der Waals surface area contributed by atoms with Crippen LogP contribution >= 0.6 is 0 Å². The first-order valence-corrected chi connectivity index (χ1v) is 5.06. The number of hydrogen-bond donors (Lipinski definition) is 1. The van der Waals surface area contributed by atoms with Gasteiger partial charge in [0, 0.05) is 5.41 Å². The number of aliphatic hydroxyl groups excluding tert-OH is 1. The molecule has 15 heavy (non-hydrogen) atoms. The predicted octanol–water partition coefficient (Wildman–Crippen LogP) is 2.39. The Labute approximate surface area is 91.2 Å². The zero-order chi connectivity index (χ0) is 11.1. The monoisotopic (exact) mass is 206 g/mol. The van der Waals surface area contributed by atoms with E-state index in [9.17, 15) is 0 Å². The van der Waals surface area contributed by atoms with Gasteiger partial charge in [0.1, 0.15) is 0 Å². The van der Waals surface area contributed by atoms with Gasteiger partial charge in [0.25, 0.3) is 0 Å². The van der Waals surface area contributed by atoms with E-state index in [0.717, 1.165) is 5.56 Å². The smallest absolute Gasteiger partial charge is 0.0717 e. The Morgan fingerprint density at radius 2 is 2.07 bits per heavy atom. The molecule has 1 rings (SSSR count). The van der Waals surface area contributed by atoms with Gasteiger partial charge >= 0.3 is 0 Å². The van der Waals surface area contributed by atoms with Crippen LogP contribution in [0.4, 0.5) is 0 Å². The quantitative estimate of drug-likeness (QED) is 0.724. The van der Waals surface area contributed by atoms with Crippen molar-refractivity contribution in [1.82, 2.24) is 0 Å². The fraction of sp³-hybridized carbons (Fsp3) is 0.385. The van der Waals surface area contributed by atoms with Gasteiger partial charge in [-0.15, -0.1) is 6.58 Å². The van der Waals surface area contributed by atoms with Crippen LogP contribution < -0.4 is 0 Å². The van der Waals surface area contributed by atoms with Crippen molar-refractivity contribution in [3.05, 3.63) is 48.6 Å². The summed E-state index contributed by atoms with van der Waals surface area (Å²) in [5.74, 6) is 0. The lowest BCUT2D eigenvalue weighted by atomic mass is 9.93. The second kappa shape index (κ2) is 5.69. The van der Waals surface area contributed by atoms with Gasteiger partial charge in [-0.25, -0.2) is 0 Å². The van der Waals surface area contributed by atoms with Crippen molar-refractivity contribution in [2.24, 2.45) is 5.41 Å². The van der Waals surface area contributed by atoms with Gasteiger partial charge in [-0.3, -0.25) is 0 Å². The SMILES string of the molecule is C=CC(C)(CO)COCc1ccccc1. The van der Waals surface area contributed by atoms with Gasteiger partial charge in [0.05, 0.1) is 19.8 Å². The van der Waals surface area contributed by atoms with Gasteiger partial charge < -0.3 is 9.84 Å². The minimum Gasteiger partial charge on any atom is -0.395 e. The van der Waals surface area contributed by atoms with Crippen molar-refractivity contribution < 1.29 is 9.84 Å². The lowest BCUT2D eigenvalue weighted by Crippen LogP contribution is -2.24. The van der Waals surface area contributed by atoms with Crippen LogP contribution in [0.5, 0.6) is 0 Å². The number of benzene rings is 1. The molecular formula is C13H18O2. The third-order valence-electron chi connectivity index (χ3n) is 2.40. The average Bonchev–Trinajstić information content (AvgIpc) is 2.30. The van der Waals surface area contributed by atoms with E-state index in [2.05, 4.69) is 6.58 Å². The Hall–Kier alpha value is -1.12. The fourth-order valence-electron chi connectivity index (χ4n) is 1.15. The molecule has 0 saturated heterocycles. The highest BCUT2D eigenvalue weighted by Crippen LogP contribution is 2.17. The summed E-state index contributed by atoms with van der Waals surface area (Å²) in [6.07, 6.45) is 1.73. The summed E-state index contributed by atoms with van der Waals surface area (Å²) in [5.41, 5.74) is 0.802. The zero-order valence-corrected chi connectivity index (χ0v) is 9.15. The maximum atomic E-state index is 9.13. The molecule has 82 valence electrons. The predicted molar refractivity (Wildman–Crippen MR) is 61.5 cm³/mol. The van der Waals surface area contributed by atoms with E-state index < -0.39 is 0 Å². The van der Waals surface area contributed by atoms with Gasteiger partial charge in [-0.2, -0.15) is 0 Å². The summed E-state index contributed by atoms with van der Waals surface area (Å²) >= 11 is 0. The molecule has 0 aromatic heterocycles. The molecule has 0 heterocycles. The Balaban J connectivity index is 2.36. The third kappa shape index (κ3) is 3.86. The van der Waals surface area contributed by atoms with Crippen LogP contribution in [0, 0.1) is 5.41 Å². The molecular weight excluding hydrogens is 188 g/mol. The number of aliphatic hydroxyl groups is 1. The van der Waals surface area contributed by atoms with E-state index in [-0.39, 0.29) is 12.0 Å². The molecule has 1 atom stereocenters. The van der Waals surface area contributed by atoms with E-state index in [4.69, 9.17) is 9.84 Å². The Bertz CT molecular complexity index is 295. The van der Waals surface area contributed by atoms with E-state index in [1.54, 1.807) is 6.08 Å². The van der Waals surface area contributed by atoms with Crippen LogP contribution in [0.3, 0.4) is 0 Å². The summed E-state index contributed by atoms with van der Waals surface area (Å²) in [5, 5.41) is 9.13. The largest absolute Gasteiger partial charge is 0.395 e. The standard InChI is InChI=1S/C13H18O2/c1-3-13(2,10-14)11-15-9-12-7-5-4-6-8-12/h3-8,14H,1,9-11H2,2H3. The molecule has 0 aliphatic carbocycles. The maximum Gasteiger partial charge on any atom is 0.0717 e. The van der Waals surface area contributed by atoms with Crippen LogP contribution in [0.2, 0.25) is 0 Å². The first-order chi connectivity index (χ1) is 7.20. The zero-order valence-electron chi connectivity index (χ0n) is 9.15. The summed E-state index contributed by atoms with van der Waals surface area (Å²) in [4.78, 5) is 0. The molecule has 0 aliphatic rings. The Kier molecular flexibility index (Phi) is 4.53. The van der Waals surface area contributed by atoms with Crippen LogP contribution in [0.1, 0.15) is 12.5 Å². The van der Waals surface area contributed by atoms with Crippen LogP contribution in [0.15, 0.2) is 43.0 Å². The molecule has 0 aliphatic heterocycles. The minimum atomic E-state index is -0.339. The average molecular weight is 206 g/mol. The molecule has 0 amide bonds. The summed E-state index contributed by atoms with van der Waals surface area (Å²) in [6.45, 7) is 6.73. The van der Waals surface area contributed by atoms with Crippen molar-refractivity contribution in [3.63, 3.8) is 0 Å². The van der Waals surface area contributed by atoms with Crippen molar-refractivity contribution in [2.45, 2.75) is 13.5 Å². The van der Waals surface area contributed by atoms with Crippen molar-refractivity contribution in [2.75, 3.05) is 13.2 Å². The second-order valence-electron chi connectivity index (χ2n) is 3.99. The van der Waals surface area contributed by atoms with E-state index in [0.29, 0.717) is 13.2 Å². The van der Waals surface area contributed by atoms with Crippen LogP contribution in [-0.2, 0) is 11.3 Å². The molecule has 0 spiro atoms. The van der Waals surface area contributed by atoms with Gasteiger partial charge in [0.2, 0.25) is 0 Å². The lowest BCUT2D eigenvalue weighted by molar-refractivity contribution is 0.0351. The van der Waals surface area contributed by atoms with Crippen LogP contribution in [0.25, 0.3) is 0 Å². The molecule has 0 bridgehead atoms. The Morgan fingerprint density at radius 3 is 2.60 bits per heavy atom. The van der Waals surface area contributed by atoms with E-state index in [1.807, 2.05) is 37.3 Å². The summed E-state index contributed by atoms with van der Waals surface area (Å²) in [6, 6.07) is 9.98. The topological polar surface area (TPSA) is 29.5 Å². The molecule has 0 saturated carbocycles. The molecule has 1 unspecified atom stereocenters. The highest BCUT2D eigenvalue weighted by atomic mass is 16.5. The molecule has 0 radical (unpaired) electrons. The van der Waals surface area contributed by atoms with Gasteiger partial charge in [0.15, 0.2) is 0 Å². The first kappa shape index (κ1) is 12.0. The number of ether oxygens (including phenoxy) is 1. The normalized spacial score (nSPS) is 14.5. The molecule has 2 heteroatoms. The number of hydrogen-bond acceptors (Lipinski definition) is 2. The van der Waals surface area contributed by atoms with Crippen molar-refractivity contribution in [3.8, 4) is 0 Å². The molecule has 1 N–H and O–H groups in total. The Morgan fingerprint density at radius 1 is 1.40 bits per heavy atom. The maximum absolute atomic E-state index is 9.13. The highest BCUT2D eigenvalue weighted by Gasteiger charge is 2.18.